The number of aliphatic hydroxyl groups excluding tert-OH is 1. The topological polar surface area (TPSA) is 177 Å². The van der Waals surface area contributed by atoms with Crippen LogP contribution in [0.15, 0.2) is 46.7 Å². The Hall–Kier alpha value is -3.32. The van der Waals surface area contributed by atoms with Crippen LogP contribution in [0.5, 0.6) is 17.2 Å². The number of nitrogens with zero attached hydrogens (tertiary/aromatic N) is 1. The van der Waals surface area contributed by atoms with Gasteiger partial charge in [0.1, 0.15) is 12.4 Å². The number of carbonyl (C=O) groups excluding carboxylic acids is 2. The lowest BCUT2D eigenvalue weighted by Gasteiger charge is -2.28. The van der Waals surface area contributed by atoms with Crippen molar-refractivity contribution >= 4 is 69.4 Å². The van der Waals surface area contributed by atoms with Gasteiger partial charge in [-0.3, -0.25) is 5.43 Å². The summed E-state index contributed by atoms with van der Waals surface area (Å²) in [6.07, 6.45) is 0.327. The van der Waals surface area contributed by atoms with E-state index in [0.717, 1.165) is 0 Å². The molecule has 1 heterocycles. The molecule has 2 amide bonds. The molecule has 13 nitrogen and oxygen atoms in total. The Morgan fingerprint density at radius 3 is 2.49 bits per heavy atom. The molecule has 0 saturated heterocycles. The number of carbonyl (C=O) groups is 3. The number of hydrazone groups is 1. The highest BCUT2D eigenvalue weighted by Crippen LogP contribution is 2.35. The summed E-state index contributed by atoms with van der Waals surface area (Å²) in [6.45, 7) is 3.11. The summed E-state index contributed by atoms with van der Waals surface area (Å²) < 4.78 is 23.1. The van der Waals surface area contributed by atoms with Crippen LogP contribution >= 0.6 is 45.2 Å². The van der Waals surface area contributed by atoms with Crippen molar-refractivity contribution < 1.29 is 43.5 Å². The molecule has 0 unspecified atom stereocenters. The summed E-state index contributed by atoms with van der Waals surface area (Å²) >= 11 is 4.08. The Morgan fingerprint density at radius 1 is 1.15 bits per heavy atom. The van der Waals surface area contributed by atoms with E-state index >= 15 is 0 Å². The lowest BCUT2D eigenvalue weighted by atomic mass is 9.95. The molecule has 41 heavy (non-hydrogen) atoms. The van der Waals surface area contributed by atoms with Crippen LogP contribution in [-0.2, 0) is 14.3 Å². The van der Waals surface area contributed by atoms with E-state index in [0.29, 0.717) is 47.8 Å². The predicted molar refractivity (Wildman–Crippen MR) is 164 cm³/mol. The number of aliphatic carboxylic acids is 1. The molecule has 3 rings (SSSR count). The standard InChI is InChI=1S/C26H28I2N4O9/c1-4-39-19-9-15(23-22(25(36)38-3)13(2)30-26(37)31-23)5-6-18(19)40-11-20(33)32-29-10-14-7-16(27)24(17(28)8-14)41-12-21(34)35/h5-10,20,23,32-33H,4,11-12H2,1-3H3,(H,34,35)(H2,30,31,37)/b29-10-/t20-,23-/m1/s1. The molecule has 0 radical (unpaired) electrons. The molecule has 2 atom stereocenters. The number of halogens is 2. The third-order valence-corrected chi connectivity index (χ3v) is 7.07. The lowest BCUT2D eigenvalue weighted by Crippen LogP contribution is -2.45. The summed E-state index contributed by atoms with van der Waals surface area (Å²) in [4.78, 5) is 35.3. The van der Waals surface area contributed by atoms with Gasteiger partial charge in [-0.25, -0.2) is 14.4 Å². The number of amides is 2. The highest BCUT2D eigenvalue weighted by molar-refractivity contribution is 14.1. The number of carboxylic acid groups (broad SMARTS) is 1. The quantitative estimate of drug-likeness (QED) is 0.0667. The monoisotopic (exact) mass is 794 g/mol. The average molecular weight is 794 g/mol. The highest BCUT2D eigenvalue weighted by Gasteiger charge is 2.32. The fourth-order valence-electron chi connectivity index (χ4n) is 3.75. The number of urea groups is 1. The van der Waals surface area contributed by atoms with E-state index in [4.69, 9.17) is 24.1 Å². The Balaban J connectivity index is 1.67. The van der Waals surface area contributed by atoms with Crippen molar-refractivity contribution in [2.45, 2.75) is 26.1 Å². The molecule has 0 aliphatic carbocycles. The molecule has 0 saturated carbocycles. The second-order valence-corrected chi connectivity index (χ2v) is 10.7. The first-order chi connectivity index (χ1) is 19.5. The van der Waals surface area contributed by atoms with Crippen LogP contribution < -0.4 is 30.3 Å². The van der Waals surface area contributed by atoms with Gasteiger partial charge in [-0.2, -0.15) is 5.10 Å². The summed E-state index contributed by atoms with van der Waals surface area (Å²) in [7, 11) is 1.26. The van der Waals surface area contributed by atoms with Gasteiger partial charge in [0, 0.05) is 5.70 Å². The van der Waals surface area contributed by atoms with E-state index in [1.54, 1.807) is 44.2 Å². The van der Waals surface area contributed by atoms with Gasteiger partial charge in [0.05, 0.1) is 38.7 Å². The minimum atomic E-state index is -1.17. The molecule has 5 N–H and O–H groups in total. The molecule has 2 aromatic carbocycles. The number of ether oxygens (including phenoxy) is 4. The maximum atomic E-state index is 12.4. The van der Waals surface area contributed by atoms with Gasteiger partial charge in [-0.15, -0.1) is 0 Å². The number of rotatable bonds is 13. The zero-order chi connectivity index (χ0) is 30.1. The van der Waals surface area contributed by atoms with Gasteiger partial charge in [-0.1, -0.05) is 6.07 Å². The fraction of sp³-hybridized carbons (Fsp3) is 0.308. The number of nitrogens with one attached hydrogen (secondary N) is 3. The molecule has 0 bridgehead atoms. The van der Waals surface area contributed by atoms with Gasteiger partial charge < -0.3 is 39.8 Å². The van der Waals surface area contributed by atoms with Gasteiger partial charge in [0.2, 0.25) is 0 Å². The van der Waals surface area contributed by atoms with Crippen molar-refractivity contribution in [1.29, 1.82) is 0 Å². The zero-order valence-electron chi connectivity index (χ0n) is 22.2. The van der Waals surface area contributed by atoms with Gasteiger partial charge >= 0.3 is 18.0 Å². The van der Waals surface area contributed by atoms with Crippen molar-refractivity contribution in [3.05, 3.63) is 59.9 Å². The lowest BCUT2D eigenvalue weighted by molar-refractivity contribution is -0.139. The smallest absolute Gasteiger partial charge is 0.341 e. The molecule has 220 valence electrons. The third-order valence-electron chi connectivity index (χ3n) is 5.47. The van der Waals surface area contributed by atoms with E-state index in [-0.39, 0.29) is 12.2 Å². The first kappa shape index (κ1) is 32.2. The SMILES string of the molecule is CCOc1cc([C@H]2NC(=O)NC(C)=C2C(=O)OC)ccc1OC[C@@H](O)N/N=C\c1cc(I)c(OCC(=O)O)c(I)c1. The van der Waals surface area contributed by atoms with Crippen LogP contribution in [0.3, 0.4) is 0 Å². The third kappa shape index (κ3) is 8.83. The largest absolute Gasteiger partial charge is 0.490 e. The van der Waals surface area contributed by atoms with Crippen LogP contribution in [0.25, 0.3) is 0 Å². The zero-order valence-corrected chi connectivity index (χ0v) is 26.5. The van der Waals surface area contributed by atoms with Crippen LogP contribution in [0.1, 0.15) is 31.0 Å². The van der Waals surface area contributed by atoms with Gasteiger partial charge in [0.15, 0.2) is 24.3 Å². The van der Waals surface area contributed by atoms with Crippen molar-refractivity contribution in [1.82, 2.24) is 16.1 Å². The Morgan fingerprint density at radius 2 is 1.85 bits per heavy atom. The van der Waals surface area contributed by atoms with Crippen molar-refractivity contribution in [3.63, 3.8) is 0 Å². The number of aliphatic hydroxyl groups is 1. The van der Waals surface area contributed by atoms with Crippen molar-refractivity contribution in [3.8, 4) is 17.2 Å². The fourth-order valence-corrected chi connectivity index (χ4v) is 5.87. The summed E-state index contributed by atoms with van der Waals surface area (Å²) in [5.74, 6) is -0.493. The number of carboxylic acids is 1. The predicted octanol–water partition coefficient (Wildman–Crippen LogP) is 2.88. The number of hydrogen-bond donors (Lipinski definition) is 5. The van der Waals surface area contributed by atoms with Crippen molar-refractivity contribution in [2.75, 3.05) is 26.9 Å². The van der Waals surface area contributed by atoms with E-state index < -0.39 is 36.8 Å². The van der Waals surface area contributed by atoms with Crippen LogP contribution in [-0.4, -0.2) is 67.6 Å². The van der Waals surface area contributed by atoms with Crippen LogP contribution in [0, 0.1) is 7.14 Å². The number of allylic oxidation sites excluding steroid dienone is 1. The normalized spacial score (nSPS) is 15.6. The van der Waals surface area contributed by atoms with Gasteiger partial charge in [0.25, 0.3) is 0 Å². The number of hydrogen-bond acceptors (Lipinski definition) is 10. The minimum Gasteiger partial charge on any atom is -0.490 e. The maximum absolute atomic E-state index is 12.4. The van der Waals surface area contributed by atoms with Crippen LogP contribution in [0.2, 0.25) is 0 Å². The van der Waals surface area contributed by atoms with E-state index in [9.17, 15) is 19.5 Å². The number of benzene rings is 2. The first-order valence-electron chi connectivity index (χ1n) is 12.1. The molecule has 15 heteroatoms. The molecule has 0 fully saturated rings. The number of esters is 1. The Kier molecular flexibility index (Phi) is 11.8. The molecule has 1 aliphatic heterocycles. The summed E-state index contributed by atoms with van der Waals surface area (Å²) in [6, 6.07) is 7.24. The summed E-state index contributed by atoms with van der Waals surface area (Å²) in [5, 5.41) is 28.5. The summed E-state index contributed by atoms with van der Waals surface area (Å²) in [5.41, 5.74) is 4.49. The minimum absolute atomic E-state index is 0.176. The average Bonchev–Trinajstić information content (AvgIpc) is 2.91. The molecular weight excluding hydrogens is 766 g/mol. The molecule has 0 aromatic heterocycles. The molecule has 2 aromatic rings. The number of methoxy groups -OCH3 is 1. The van der Waals surface area contributed by atoms with Crippen LogP contribution in [0.4, 0.5) is 4.79 Å². The second kappa shape index (κ2) is 15.1. The van der Waals surface area contributed by atoms with E-state index in [1.165, 1.54) is 13.3 Å². The van der Waals surface area contributed by atoms with Gasteiger partial charge in [-0.05, 0) is 94.4 Å². The highest BCUT2D eigenvalue weighted by atomic mass is 127. The van der Waals surface area contributed by atoms with E-state index in [1.807, 2.05) is 45.2 Å². The molecular formula is C26H28I2N4O9. The van der Waals surface area contributed by atoms with E-state index in [2.05, 4.69) is 21.2 Å². The Labute approximate surface area is 262 Å². The molecule has 0 spiro atoms. The maximum Gasteiger partial charge on any atom is 0.341 e. The first-order valence-corrected chi connectivity index (χ1v) is 14.3. The Bertz CT molecular complexity index is 1340. The second-order valence-electron chi connectivity index (χ2n) is 8.41. The van der Waals surface area contributed by atoms with Crippen molar-refractivity contribution in [2.24, 2.45) is 5.10 Å². The molecule has 1 aliphatic rings.